The van der Waals surface area contributed by atoms with Crippen molar-refractivity contribution in [2.75, 3.05) is 13.2 Å². The maximum Gasteiger partial charge on any atom is 0.321 e. The quantitative estimate of drug-likeness (QED) is 0.753. The van der Waals surface area contributed by atoms with Gasteiger partial charge in [0.15, 0.2) is 0 Å². The molecule has 5 nitrogen and oxygen atoms in total. The first kappa shape index (κ1) is 14.3. The third kappa shape index (κ3) is 4.91. The van der Waals surface area contributed by atoms with E-state index in [2.05, 4.69) is 10.6 Å². The van der Waals surface area contributed by atoms with E-state index in [0.29, 0.717) is 5.92 Å². The highest BCUT2D eigenvalue weighted by molar-refractivity contribution is 6.31. The van der Waals surface area contributed by atoms with Crippen LogP contribution in [0, 0.1) is 5.92 Å². The molecule has 1 aliphatic rings. The van der Waals surface area contributed by atoms with E-state index in [1.807, 2.05) is 6.92 Å². The minimum atomic E-state index is -0.709. The van der Waals surface area contributed by atoms with Gasteiger partial charge in [-0.3, -0.25) is 10.1 Å². The Morgan fingerprint density at radius 3 is 2.41 bits per heavy atom. The molecule has 0 aromatic carbocycles. The number of amides is 3. The number of carbonyl (C=O) groups is 2. The van der Waals surface area contributed by atoms with Crippen LogP contribution in [0.2, 0.25) is 0 Å². The van der Waals surface area contributed by atoms with Gasteiger partial charge in [-0.2, -0.15) is 0 Å². The van der Waals surface area contributed by atoms with E-state index >= 15 is 0 Å². The van der Waals surface area contributed by atoms with E-state index in [9.17, 15) is 9.59 Å². The molecule has 1 saturated heterocycles. The molecule has 1 heterocycles. The molecule has 17 heavy (non-hydrogen) atoms. The van der Waals surface area contributed by atoms with Gasteiger partial charge in [0.05, 0.1) is 0 Å². The van der Waals surface area contributed by atoms with Crippen molar-refractivity contribution in [2.24, 2.45) is 5.92 Å². The number of hydrogen-bond donors (Lipinski definition) is 2. The fourth-order valence-electron chi connectivity index (χ4n) is 1.79. The van der Waals surface area contributed by atoms with Crippen LogP contribution in [0.1, 0.15) is 26.7 Å². The lowest BCUT2D eigenvalue weighted by atomic mass is 9.93. The Morgan fingerprint density at radius 1 is 1.29 bits per heavy atom. The van der Waals surface area contributed by atoms with E-state index in [-0.39, 0.29) is 6.04 Å². The van der Waals surface area contributed by atoms with Crippen molar-refractivity contribution in [2.45, 2.75) is 38.1 Å². The largest absolute Gasteiger partial charge is 0.381 e. The molecule has 6 heteroatoms. The van der Waals surface area contributed by atoms with Gasteiger partial charge >= 0.3 is 6.03 Å². The molecule has 1 aliphatic heterocycles. The van der Waals surface area contributed by atoms with E-state index in [0.717, 1.165) is 26.1 Å². The number of imide groups is 1. The van der Waals surface area contributed by atoms with Gasteiger partial charge in [0, 0.05) is 19.3 Å². The van der Waals surface area contributed by atoms with Gasteiger partial charge in [-0.1, -0.05) is 0 Å². The molecule has 0 bridgehead atoms. The van der Waals surface area contributed by atoms with Gasteiger partial charge in [-0.05, 0) is 32.6 Å². The summed E-state index contributed by atoms with van der Waals surface area (Å²) in [5.74, 6) is -0.0821. The summed E-state index contributed by atoms with van der Waals surface area (Å²) in [6, 6.07) is -0.459. The van der Waals surface area contributed by atoms with Crippen molar-refractivity contribution < 1.29 is 14.3 Å². The molecule has 3 amide bonds. The second-order valence-corrected chi connectivity index (χ2v) is 4.97. The summed E-state index contributed by atoms with van der Waals surface area (Å²) < 4.78 is 5.25. The fourth-order valence-corrected chi connectivity index (χ4v) is 1.84. The van der Waals surface area contributed by atoms with E-state index in [1.54, 1.807) is 0 Å². The van der Waals surface area contributed by atoms with Crippen molar-refractivity contribution in [1.29, 1.82) is 0 Å². The first-order valence-corrected chi connectivity index (χ1v) is 6.27. The summed E-state index contributed by atoms with van der Waals surface area (Å²) in [5.41, 5.74) is 0. The molecular weight excluding hydrogens is 244 g/mol. The summed E-state index contributed by atoms with van der Waals surface area (Å²) in [6.45, 7) is 4.92. The number of urea groups is 1. The van der Waals surface area contributed by atoms with Gasteiger partial charge in [0.1, 0.15) is 5.38 Å². The van der Waals surface area contributed by atoms with Gasteiger partial charge in [0.25, 0.3) is 0 Å². The minimum Gasteiger partial charge on any atom is -0.381 e. The standard InChI is InChI=1S/C11H19ClN2O3/c1-7(12)10(15)14-11(16)13-8(2)9-3-5-17-6-4-9/h7-9H,3-6H2,1-2H3,(H2,13,14,15,16). The minimum absolute atomic E-state index is 0.0253. The van der Waals surface area contributed by atoms with Crippen molar-refractivity contribution in [3.8, 4) is 0 Å². The molecule has 0 aliphatic carbocycles. The normalized spacial score (nSPS) is 20.4. The molecular formula is C11H19ClN2O3. The van der Waals surface area contributed by atoms with Crippen LogP contribution in [0.5, 0.6) is 0 Å². The van der Waals surface area contributed by atoms with Crippen LogP contribution in [-0.2, 0) is 9.53 Å². The van der Waals surface area contributed by atoms with Gasteiger partial charge < -0.3 is 10.1 Å². The zero-order valence-electron chi connectivity index (χ0n) is 10.2. The summed E-state index contributed by atoms with van der Waals surface area (Å²) in [4.78, 5) is 22.7. The highest BCUT2D eigenvalue weighted by atomic mass is 35.5. The second-order valence-electron chi connectivity index (χ2n) is 4.32. The number of carbonyl (C=O) groups excluding carboxylic acids is 2. The molecule has 0 spiro atoms. The van der Waals surface area contributed by atoms with Crippen molar-refractivity contribution in [3.63, 3.8) is 0 Å². The summed E-state index contributed by atoms with van der Waals surface area (Å²) in [7, 11) is 0. The SMILES string of the molecule is CC(Cl)C(=O)NC(=O)NC(C)C1CCOCC1. The van der Waals surface area contributed by atoms with E-state index < -0.39 is 17.3 Å². The molecule has 2 unspecified atom stereocenters. The molecule has 0 radical (unpaired) electrons. The fraction of sp³-hybridized carbons (Fsp3) is 0.818. The van der Waals surface area contributed by atoms with E-state index in [4.69, 9.17) is 16.3 Å². The second kappa shape index (κ2) is 6.81. The van der Waals surface area contributed by atoms with Gasteiger partial charge in [-0.15, -0.1) is 11.6 Å². The van der Waals surface area contributed by atoms with Crippen LogP contribution >= 0.6 is 11.6 Å². The Bertz CT molecular complexity index is 278. The highest BCUT2D eigenvalue weighted by Gasteiger charge is 2.22. The highest BCUT2D eigenvalue weighted by Crippen LogP contribution is 2.18. The predicted octanol–water partition coefficient (Wildman–Crippen LogP) is 1.25. The average molecular weight is 263 g/mol. The monoisotopic (exact) mass is 262 g/mol. The molecule has 2 N–H and O–H groups in total. The molecule has 1 rings (SSSR count). The Morgan fingerprint density at radius 2 is 1.88 bits per heavy atom. The Balaban J connectivity index is 2.32. The lowest BCUT2D eigenvalue weighted by Crippen LogP contribution is -2.48. The molecule has 0 saturated carbocycles. The Labute approximate surface area is 106 Å². The molecule has 0 aromatic heterocycles. The van der Waals surface area contributed by atoms with Crippen LogP contribution in [0.3, 0.4) is 0 Å². The zero-order valence-corrected chi connectivity index (χ0v) is 10.9. The molecule has 2 atom stereocenters. The maximum absolute atomic E-state index is 11.5. The predicted molar refractivity (Wildman–Crippen MR) is 65.0 cm³/mol. The average Bonchev–Trinajstić information content (AvgIpc) is 2.29. The van der Waals surface area contributed by atoms with Crippen LogP contribution in [0.4, 0.5) is 4.79 Å². The van der Waals surface area contributed by atoms with Crippen LogP contribution in [0.25, 0.3) is 0 Å². The third-order valence-corrected chi connectivity index (χ3v) is 3.13. The van der Waals surface area contributed by atoms with Gasteiger partial charge in [0.2, 0.25) is 5.91 Å². The smallest absolute Gasteiger partial charge is 0.321 e. The van der Waals surface area contributed by atoms with Crippen molar-refractivity contribution in [3.05, 3.63) is 0 Å². The van der Waals surface area contributed by atoms with Crippen molar-refractivity contribution >= 4 is 23.5 Å². The first-order chi connectivity index (χ1) is 8.00. The number of nitrogens with one attached hydrogen (secondary N) is 2. The number of rotatable bonds is 3. The third-order valence-electron chi connectivity index (χ3n) is 2.93. The van der Waals surface area contributed by atoms with Crippen LogP contribution < -0.4 is 10.6 Å². The lowest BCUT2D eigenvalue weighted by molar-refractivity contribution is -0.119. The molecule has 98 valence electrons. The number of ether oxygens (including phenoxy) is 1. The topological polar surface area (TPSA) is 67.4 Å². The Kier molecular flexibility index (Phi) is 5.71. The number of alkyl halides is 1. The summed E-state index contributed by atoms with van der Waals surface area (Å²) >= 11 is 5.55. The molecule has 0 aromatic rings. The molecule has 1 fully saturated rings. The zero-order chi connectivity index (χ0) is 12.8. The number of hydrogen-bond acceptors (Lipinski definition) is 3. The Hall–Kier alpha value is -0.810. The first-order valence-electron chi connectivity index (χ1n) is 5.84. The van der Waals surface area contributed by atoms with Crippen molar-refractivity contribution in [1.82, 2.24) is 10.6 Å². The van der Waals surface area contributed by atoms with Gasteiger partial charge in [-0.25, -0.2) is 4.79 Å². The van der Waals surface area contributed by atoms with Crippen LogP contribution in [-0.4, -0.2) is 36.6 Å². The summed E-state index contributed by atoms with van der Waals surface area (Å²) in [5, 5.41) is 4.24. The maximum atomic E-state index is 11.5. The lowest BCUT2D eigenvalue weighted by Gasteiger charge is -2.28. The van der Waals surface area contributed by atoms with E-state index in [1.165, 1.54) is 6.92 Å². The number of halogens is 1. The van der Waals surface area contributed by atoms with Crippen LogP contribution in [0.15, 0.2) is 0 Å². The summed E-state index contributed by atoms with van der Waals surface area (Å²) in [6.07, 6.45) is 1.86.